The second-order valence-electron chi connectivity index (χ2n) is 3.55. The molecule has 1 unspecified atom stereocenters. The monoisotopic (exact) mass is 282 g/mol. The van der Waals surface area contributed by atoms with Crippen LogP contribution in [0.5, 0.6) is 0 Å². The van der Waals surface area contributed by atoms with Gasteiger partial charge in [0.15, 0.2) is 0 Å². The highest BCUT2D eigenvalue weighted by Gasteiger charge is 2.17. The van der Waals surface area contributed by atoms with Crippen molar-refractivity contribution in [3.05, 3.63) is 22.7 Å². The molecule has 2 aromatic rings. The molecular formula is C10H11BrN4O. The van der Waals surface area contributed by atoms with Crippen LogP contribution in [0.4, 0.5) is 5.95 Å². The molecule has 1 aromatic carbocycles. The number of primary amides is 1. The summed E-state index contributed by atoms with van der Waals surface area (Å²) in [7, 11) is 0. The lowest BCUT2D eigenvalue weighted by molar-refractivity contribution is -0.120. The molecule has 16 heavy (non-hydrogen) atoms. The maximum atomic E-state index is 11.2. The highest BCUT2D eigenvalue weighted by molar-refractivity contribution is 9.10. The lowest BCUT2D eigenvalue weighted by atomic mass is 10.2. The number of nitrogens with two attached hydrogens (primary N) is 2. The zero-order valence-corrected chi connectivity index (χ0v) is 10.2. The van der Waals surface area contributed by atoms with Gasteiger partial charge in [0.25, 0.3) is 0 Å². The van der Waals surface area contributed by atoms with Crippen LogP contribution in [0.15, 0.2) is 22.7 Å². The lowest BCUT2D eigenvalue weighted by Crippen LogP contribution is -2.24. The number of rotatable bonds is 2. The van der Waals surface area contributed by atoms with E-state index in [1.165, 1.54) is 0 Å². The van der Waals surface area contributed by atoms with Gasteiger partial charge < -0.3 is 11.5 Å². The fourth-order valence-corrected chi connectivity index (χ4v) is 1.97. The van der Waals surface area contributed by atoms with Crippen LogP contribution in [0.25, 0.3) is 11.0 Å². The Morgan fingerprint density at radius 3 is 2.88 bits per heavy atom. The SMILES string of the molecule is CC(C(N)=O)n1c(N)nc2ccc(Br)cc21. The third-order valence-electron chi connectivity index (χ3n) is 2.48. The first kappa shape index (κ1) is 10.9. The summed E-state index contributed by atoms with van der Waals surface area (Å²) in [4.78, 5) is 15.4. The predicted molar refractivity (Wildman–Crippen MR) is 65.8 cm³/mol. The summed E-state index contributed by atoms with van der Waals surface area (Å²) in [5.74, 6) is -0.148. The fraction of sp³-hybridized carbons (Fsp3) is 0.200. The molecule has 2 rings (SSSR count). The summed E-state index contributed by atoms with van der Waals surface area (Å²) in [6.07, 6.45) is 0. The second kappa shape index (κ2) is 3.79. The zero-order chi connectivity index (χ0) is 11.9. The number of anilines is 1. The molecule has 5 nitrogen and oxygen atoms in total. The molecule has 1 aromatic heterocycles. The molecule has 0 saturated heterocycles. The first-order chi connectivity index (χ1) is 7.50. The third kappa shape index (κ3) is 1.65. The molecule has 1 heterocycles. The second-order valence-corrected chi connectivity index (χ2v) is 4.47. The van der Waals surface area contributed by atoms with Crippen molar-refractivity contribution in [3.8, 4) is 0 Å². The van der Waals surface area contributed by atoms with E-state index in [0.717, 1.165) is 15.5 Å². The highest BCUT2D eigenvalue weighted by atomic mass is 79.9. The Hall–Kier alpha value is -1.56. The molecule has 4 N–H and O–H groups in total. The summed E-state index contributed by atoms with van der Waals surface area (Å²) >= 11 is 3.36. The fourth-order valence-electron chi connectivity index (χ4n) is 1.62. The van der Waals surface area contributed by atoms with Gasteiger partial charge in [-0.25, -0.2) is 4.98 Å². The van der Waals surface area contributed by atoms with Gasteiger partial charge in [0.05, 0.1) is 11.0 Å². The van der Waals surface area contributed by atoms with Crippen molar-refractivity contribution in [2.75, 3.05) is 5.73 Å². The van der Waals surface area contributed by atoms with Crippen molar-refractivity contribution < 1.29 is 4.79 Å². The number of amides is 1. The summed E-state index contributed by atoms with van der Waals surface area (Å²) in [6.45, 7) is 1.70. The minimum absolute atomic E-state index is 0.291. The molecule has 1 atom stereocenters. The van der Waals surface area contributed by atoms with Crippen LogP contribution in [0.1, 0.15) is 13.0 Å². The molecular weight excluding hydrogens is 272 g/mol. The van der Waals surface area contributed by atoms with Gasteiger partial charge in [-0.2, -0.15) is 0 Å². The third-order valence-corrected chi connectivity index (χ3v) is 2.97. The van der Waals surface area contributed by atoms with E-state index in [1.807, 2.05) is 18.2 Å². The minimum Gasteiger partial charge on any atom is -0.369 e. The zero-order valence-electron chi connectivity index (χ0n) is 8.64. The van der Waals surface area contributed by atoms with Gasteiger partial charge in [-0.1, -0.05) is 15.9 Å². The molecule has 0 aliphatic rings. The maximum Gasteiger partial charge on any atom is 0.240 e. The van der Waals surface area contributed by atoms with Gasteiger partial charge in [0, 0.05) is 4.47 Å². The number of carbonyl (C=O) groups is 1. The van der Waals surface area contributed by atoms with Crippen LogP contribution in [0.2, 0.25) is 0 Å². The Balaban J connectivity index is 2.72. The molecule has 0 bridgehead atoms. The first-order valence-corrected chi connectivity index (χ1v) is 5.52. The number of fused-ring (bicyclic) bond motifs is 1. The quantitative estimate of drug-likeness (QED) is 0.874. The smallest absolute Gasteiger partial charge is 0.240 e. The summed E-state index contributed by atoms with van der Waals surface area (Å²) in [6, 6.07) is 5.05. The van der Waals surface area contributed by atoms with Gasteiger partial charge in [-0.15, -0.1) is 0 Å². The number of aromatic nitrogens is 2. The Morgan fingerprint density at radius 2 is 2.25 bits per heavy atom. The number of benzene rings is 1. The Kier molecular flexibility index (Phi) is 2.59. The number of carbonyl (C=O) groups excluding carboxylic acids is 1. The van der Waals surface area contributed by atoms with Crippen molar-refractivity contribution in [2.45, 2.75) is 13.0 Å². The van der Waals surface area contributed by atoms with Crippen molar-refractivity contribution in [1.82, 2.24) is 9.55 Å². The summed E-state index contributed by atoms with van der Waals surface area (Å²) in [5, 5.41) is 0. The molecule has 1 amide bonds. The van der Waals surface area contributed by atoms with E-state index in [1.54, 1.807) is 11.5 Å². The maximum absolute atomic E-state index is 11.2. The van der Waals surface area contributed by atoms with E-state index in [-0.39, 0.29) is 0 Å². The molecule has 6 heteroatoms. The average Bonchev–Trinajstić information content (AvgIpc) is 2.52. The topological polar surface area (TPSA) is 86.9 Å². The number of halogens is 1. The molecule has 84 valence electrons. The number of imidazole rings is 1. The van der Waals surface area contributed by atoms with Crippen LogP contribution in [0.3, 0.4) is 0 Å². The number of nitrogen functional groups attached to an aromatic ring is 1. The normalized spacial score (nSPS) is 12.9. The van der Waals surface area contributed by atoms with Crippen LogP contribution in [-0.2, 0) is 4.79 Å². The van der Waals surface area contributed by atoms with E-state index in [9.17, 15) is 4.79 Å². The minimum atomic E-state index is -0.515. The molecule has 0 aliphatic heterocycles. The summed E-state index contributed by atoms with van der Waals surface area (Å²) < 4.78 is 2.53. The summed E-state index contributed by atoms with van der Waals surface area (Å²) in [5.41, 5.74) is 12.6. The van der Waals surface area contributed by atoms with Gasteiger partial charge in [0.2, 0.25) is 11.9 Å². The lowest BCUT2D eigenvalue weighted by Gasteiger charge is -2.11. The molecule has 0 spiro atoms. The van der Waals surface area contributed by atoms with E-state index in [4.69, 9.17) is 11.5 Å². The highest BCUT2D eigenvalue weighted by Crippen LogP contribution is 2.25. The predicted octanol–water partition coefficient (Wildman–Crippen LogP) is 1.43. The standard InChI is InChI=1S/C10H11BrN4O/c1-5(9(12)16)15-8-4-6(11)2-3-7(8)14-10(15)13/h2-5H,1H3,(H2,12,16)(H2,13,14). The first-order valence-electron chi connectivity index (χ1n) is 4.73. The van der Waals surface area contributed by atoms with Crippen LogP contribution in [0, 0.1) is 0 Å². The van der Waals surface area contributed by atoms with E-state index in [2.05, 4.69) is 20.9 Å². The van der Waals surface area contributed by atoms with Crippen molar-refractivity contribution in [2.24, 2.45) is 5.73 Å². The van der Waals surface area contributed by atoms with Crippen molar-refractivity contribution in [1.29, 1.82) is 0 Å². The molecule has 0 aliphatic carbocycles. The Morgan fingerprint density at radius 1 is 1.56 bits per heavy atom. The van der Waals surface area contributed by atoms with E-state index >= 15 is 0 Å². The van der Waals surface area contributed by atoms with Gasteiger partial charge in [0.1, 0.15) is 6.04 Å². The number of hydrogen-bond donors (Lipinski definition) is 2. The van der Waals surface area contributed by atoms with Crippen molar-refractivity contribution in [3.63, 3.8) is 0 Å². The molecule has 0 fully saturated rings. The van der Waals surface area contributed by atoms with Crippen LogP contribution < -0.4 is 11.5 Å². The van der Waals surface area contributed by atoms with Crippen LogP contribution in [-0.4, -0.2) is 15.5 Å². The van der Waals surface area contributed by atoms with Crippen molar-refractivity contribution >= 4 is 38.8 Å². The van der Waals surface area contributed by atoms with Crippen LogP contribution >= 0.6 is 15.9 Å². The van der Waals surface area contributed by atoms with Gasteiger partial charge in [-0.3, -0.25) is 9.36 Å². The van der Waals surface area contributed by atoms with E-state index in [0.29, 0.717) is 5.95 Å². The largest absolute Gasteiger partial charge is 0.369 e. The van der Waals surface area contributed by atoms with Gasteiger partial charge >= 0.3 is 0 Å². The Bertz CT molecular complexity index is 563. The number of nitrogens with zero attached hydrogens (tertiary/aromatic N) is 2. The Labute approximate surface area is 101 Å². The number of hydrogen-bond acceptors (Lipinski definition) is 3. The van der Waals surface area contributed by atoms with Gasteiger partial charge in [-0.05, 0) is 25.1 Å². The average molecular weight is 283 g/mol. The molecule has 0 saturated carbocycles. The molecule has 0 radical (unpaired) electrons. The van der Waals surface area contributed by atoms with E-state index < -0.39 is 11.9 Å².